The van der Waals surface area contributed by atoms with E-state index in [1.807, 2.05) is 13.8 Å². The number of carbonyl (C=O) groups excluding carboxylic acids is 1. The fourth-order valence-corrected chi connectivity index (χ4v) is 1.08. The molecule has 0 saturated heterocycles. The number of rotatable bonds is 5. The summed E-state index contributed by atoms with van der Waals surface area (Å²) in [6.07, 6.45) is 6.73. The quantitative estimate of drug-likeness (QED) is 0.422. The molecule has 0 rings (SSSR count). The van der Waals surface area contributed by atoms with Crippen LogP contribution in [-0.4, -0.2) is 21.7 Å². The molecule has 1 amide bonds. The molecule has 78 valence electrons. The predicted octanol–water partition coefficient (Wildman–Crippen LogP) is 2.87. The Kier molecular flexibility index (Phi) is 5.46. The van der Waals surface area contributed by atoms with Gasteiger partial charge in [0.2, 0.25) is 5.91 Å². The Balaban J connectivity index is 4.64. The maximum absolute atomic E-state index is 11.8. The fourth-order valence-electron chi connectivity index (χ4n) is 0.857. The SMILES string of the molecule is C=C/C=C/N(CC=C)C(=O)C(C)(C)Br. The van der Waals surface area contributed by atoms with E-state index in [0.717, 1.165) is 0 Å². The summed E-state index contributed by atoms with van der Waals surface area (Å²) < 4.78 is -0.554. The van der Waals surface area contributed by atoms with Gasteiger partial charge in [-0.25, -0.2) is 0 Å². The summed E-state index contributed by atoms with van der Waals surface area (Å²) in [5, 5.41) is 0. The van der Waals surface area contributed by atoms with Crippen LogP contribution in [-0.2, 0) is 4.79 Å². The minimum atomic E-state index is -0.554. The van der Waals surface area contributed by atoms with Gasteiger partial charge in [-0.3, -0.25) is 4.79 Å². The van der Waals surface area contributed by atoms with E-state index in [-0.39, 0.29) is 5.91 Å². The van der Waals surface area contributed by atoms with Crippen LogP contribution in [0.3, 0.4) is 0 Å². The maximum Gasteiger partial charge on any atom is 0.243 e. The molecule has 0 aromatic heterocycles. The summed E-state index contributed by atoms with van der Waals surface area (Å²) in [5.74, 6) is -0.00417. The van der Waals surface area contributed by atoms with Crippen LogP contribution in [0.5, 0.6) is 0 Å². The van der Waals surface area contributed by atoms with E-state index >= 15 is 0 Å². The highest BCUT2D eigenvalue weighted by atomic mass is 79.9. The molecule has 0 N–H and O–H groups in total. The number of carbonyl (C=O) groups is 1. The van der Waals surface area contributed by atoms with Gasteiger partial charge < -0.3 is 4.90 Å². The lowest BCUT2D eigenvalue weighted by Gasteiger charge is -2.24. The first-order valence-electron chi connectivity index (χ1n) is 4.33. The van der Waals surface area contributed by atoms with Gasteiger partial charge in [-0.1, -0.05) is 34.7 Å². The second-order valence-electron chi connectivity index (χ2n) is 3.30. The van der Waals surface area contributed by atoms with Crippen molar-refractivity contribution >= 4 is 21.8 Å². The normalized spacial score (nSPS) is 11.4. The average molecular weight is 258 g/mol. The van der Waals surface area contributed by atoms with E-state index in [1.54, 1.807) is 29.3 Å². The number of alkyl halides is 1. The molecule has 0 aromatic rings. The van der Waals surface area contributed by atoms with Gasteiger partial charge in [0, 0.05) is 12.7 Å². The van der Waals surface area contributed by atoms with Gasteiger partial charge in [-0.2, -0.15) is 0 Å². The summed E-state index contributed by atoms with van der Waals surface area (Å²) in [5.41, 5.74) is 0. The van der Waals surface area contributed by atoms with E-state index < -0.39 is 4.32 Å². The molecule has 0 atom stereocenters. The number of hydrogen-bond donors (Lipinski definition) is 0. The second-order valence-corrected chi connectivity index (χ2v) is 5.28. The lowest BCUT2D eigenvalue weighted by atomic mass is 10.2. The summed E-state index contributed by atoms with van der Waals surface area (Å²) >= 11 is 3.32. The van der Waals surface area contributed by atoms with Crippen molar-refractivity contribution in [1.29, 1.82) is 0 Å². The van der Waals surface area contributed by atoms with Gasteiger partial charge in [-0.15, -0.1) is 6.58 Å². The molecule has 0 spiro atoms. The fraction of sp³-hybridized carbons (Fsp3) is 0.364. The Labute approximate surface area is 94.1 Å². The summed E-state index contributed by atoms with van der Waals surface area (Å²) in [7, 11) is 0. The predicted molar refractivity (Wildman–Crippen MR) is 64.3 cm³/mol. The van der Waals surface area contributed by atoms with Crippen molar-refractivity contribution in [3.8, 4) is 0 Å². The van der Waals surface area contributed by atoms with Crippen molar-refractivity contribution in [2.45, 2.75) is 18.2 Å². The number of halogens is 1. The zero-order chi connectivity index (χ0) is 11.2. The third-order valence-electron chi connectivity index (χ3n) is 1.50. The maximum atomic E-state index is 11.8. The van der Waals surface area contributed by atoms with Crippen molar-refractivity contribution in [2.24, 2.45) is 0 Å². The molecular formula is C11H16BrNO. The molecule has 0 aliphatic heterocycles. The molecule has 0 heterocycles. The molecule has 0 bridgehead atoms. The van der Waals surface area contributed by atoms with Crippen molar-refractivity contribution in [3.05, 3.63) is 37.6 Å². The Bertz CT molecular complexity index is 251. The zero-order valence-electron chi connectivity index (χ0n) is 8.66. The third kappa shape index (κ3) is 4.42. The lowest BCUT2D eigenvalue weighted by Crippen LogP contribution is -2.38. The first kappa shape index (κ1) is 13.2. The largest absolute Gasteiger partial charge is 0.314 e. The van der Waals surface area contributed by atoms with Gasteiger partial charge in [0.1, 0.15) is 0 Å². The molecule has 0 radical (unpaired) electrons. The smallest absolute Gasteiger partial charge is 0.243 e. The van der Waals surface area contributed by atoms with Crippen LogP contribution in [0.4, 0.5) is 0 Å². The second kappa shape index (κ2) is 5.81. The first-order chi connectivity index (χ1) is 6.43. The molecule has 2 nitrogen and oxygen atoms in total. The molecular weight excluding hydrogens is 242 g/mol. The van der Waals surface area contributed by atoms with Gasteiger partial charge in [-0.05, 0) is 19.9 Å². The molecule has 0 unspecified atom stereocenters. The number of allylic oxidation sites excluding steroid dienone is 2. The van der Waals surface area contributed by atoms with Crippen LogP contribution in [0, 0.1) is 0 Å². The molecule has 0 aliphatic rings. The number of amides is 1. The molecule has 3 heteroatoms. The van der Waals surface area contributed by atoms with Crippen LogP contribution in [0.25, 0.3) is 0 Å². The average Bonchev–Trinajstić information content (AvgIpc) is 2.09. The Hall–Kier alpha value is -0.830. The minimum absolute atomic E-state index is 0.00417. The third-order valence-corrected chi connectivity index (χ3v) is 1.84. The highest BCUT2D eigenvalue weighted by molar-refractivity contribution is 9.10. The van der Waals surface area contributed by atoms with Crippen LogP contribution >= 0.6 is 15.9 Å². The van der Waals surface area contributed by atoms with Crippen LogP contribution in [0.15, 0.2) is 37.6 Å². The topological polar surface area (TPSA) is 20.3 Å². The Morgan fingerprint density at radius 3 is 2.43 bits per heavy atom. The molecule has 0 aromatic carbocycles. The van der Waals surface area contributed by atoms with E-state index in [0.29, 0.717) is 6.54 Å². The monoisotopic (exact) mass is 257 g/mol. The molecule has 14 heavy (non-hydrogen) atoms. The highest BCUT2D eigenvalue weighted by Crippen LogP contribution is 2.19. The van der Waals surface area contributed by atoms with Crippen molar-refractivity contribution in [2.75, 3.05) is 6.54 Å². The van der Waals surface area contributed by atoms with Crippen LogP contribution in [0.1, 0.15) is 13.8 Å². The van der Waals surface area contributed by atoms with Crippen LogP contribution < -0.4 is 0 Å². The van der Waals surface area contributed by atoms with Gasteiger partial charge >= 0.3 is 0 Å². The van der Waals surface area contributed by atoms with Crippen LogP contribution in [0.2, 0.25) is 0 Å². The summed E-state index contributed by atoms with van der Waals surface area (Å²) in [6, 6.07) is 0. The van der Waals surface area contributed by atoms with E-state index in [2.05, 4.69) is 29.1 Å². The van der Waals surface area contributed by atoms with Gasteiger partial charge in [0.05, 0.1) is 4.32 Å². The lowest BCUT2D eigenvalue weighted by molar-refractivity contribution is -0.129. The van der Waals surface area contributed by atoms with Crippen molar-refractivity contribution < 1.29 is 4.79 Å². The van der Waals surface area contributed by atoms with E-state index in [4.69, 9.17) is 0 Å². The standard InChI is InChI=1S/C11H16BrNO/c1-5-7-9-13(8-6-2)10(14)11(3,4)12/h5-7,9H,1-2,8H2,3-4H3/b9-7+. The van der Waals surface area contributed by atoms with E-state index in [1.165, 1.54) is 0 Å². The number of nitrogens with zero attached hydrogens (tertiary/aromatic N) is 1. The summed E-state index contributed by atoms with van der Waals surface area (Å²) in [6.45, 7) is 11.3. The molecule has 0 aliphatic carbocycles. The summed E-state index contributed by atoms with van der Waals surface area (Å²) in [4.78, 5) is 13.4. The zero-order valence-corrected chi connectivity index (χ0v) is 10.3. The first-order valence-corrected chi connectivity index (χ1v) is 5.13. The van der Waals surface area contributed by atoms with Crippen molar-refractivity contribution in [3.63, 3.8) is 0 Å². The molecule has 0 fully saturated rings. The molecule has 0 saturated carbocycles. The van der Waals surface area contributed by atoms with E-state index in [9.17, 15) is 4.79 Å². The van der Waals surface area contributed by atoms with Gasteiger partial charge in [0.15, 0.2) is 0 Å². The Morgan fingerprint density at radius 2 is 2.07 bits per heavy atom. The Morgan fingerprint density at radius 1 is 1.50 bits per heavy atom. The van der Waals surface area contributed by atoms with Gasteiger partial charge in [0.25, 0.3) is 0 Å². The number of hydrogen-bond acceptors (Lipinski definition) is 1. The highest BCUT2D eigenvalue weighted by Gasteiger charge is 2.27. The van der Waals surface area contributed by atoms with Crippen molar-refractivity contribution in [1.82, 2.24) is 4.90 Å². The minimum Gasteiger partial charge on any atom is -0.314 e.